The molecule has 7 rings (SSSR count). The molecule has 1 aromatic heterocycles. The lowest BCUT2D eigenvalue weighted by Crippen LogP contribution is -2.38. The Labute approximate surface area is 296 Å². The molecule has 3 aliphatic carbocycles. The highest BCUT2D eigenvalue weighted by Crippen LogP contribution is 2.56. The molecule has 0 amide bonds. The Bertz CT molecular complexity index is 2220. The normalized spacial score (nSPS) is 18.5. The fourth-order valence-electron chi connectivity index (χ4n) is 7.59. The van der Waals surface area contributed by atoms with Gasteiger partial charge in [0.1, 0.15) is 25.4 Å². The lowest BCUT2D eigenvalue weighted by molar-refractivity contribution is -0.642. The summed E-state index contributed by atoms with van der Waals surface area (Å²) in [5.74, 6) is 1.72. The molecule has 0 saturated heterocycles. The molecule has 4 heteroatoms. The smallest absolute Gasteiger partial charge is 0.241 e. The SMILES string of the molecule is C=C/C=C(\C=C)C1(c2ccccc2)C2=C(C=C(c3ccc(-c4nc(/C(C=[N+](C)C)=C/C)[n+](C5=CCCC=C5)[nH]4)cc3)CC=C2)c2ccccc21. The quantitative estimate of drug-likeness (QED) is 0.109. The van der Waals surface area contributed by atoms with Crippen molar-refractivity contribution in [2.45, 2.75) is 31.6 Å². The third kappa shape index (κ3) is 5.67. The zero-order chi connectivity index (χ0) is 34.7. The van der Waals surface area contributed by atoms with Crippen molar-refractivity contribution in [3.63, 3.8) is 0 Å². The summed E-state index contributed by atoms with van der Waals surface area (Å²) in [7, 11) is 4.08. The van der Waals surface area contributed by atoms with E-state index >= 15 is 0 Å². The molecule has 0 aliphatic heterocycles. The van der Waals surface area contributed by atoms with Gasteiger partial charge in [-0.1, -0.05) is 122 Å². The average Bonchev–Trinajstić information content (AvgIpc) is 3.63. The van der Waals surface area contributed by atoms with Crippen molar-refractivity contribution in [3.05, 3.63) is 192 Å². The van der Waals surface area contributed by atoms with Crippen LogP contribution in [0.5, 0.6) is 0 Å². The number of hydrogen-bond acceptors (Lipinski definition) is 1. The van der Waals surface area contributed by atoms with Crippen LogP contribution in [0.1, 0.15) is 54.3 Å². The van der Waals surface area contributed by atoms with Crippen molar-refractivity contribution in [1.29, 1.82) is 0 Å². The first-order valence-electron chi connectivity index (χ1n) is 17.4. The first-order chi connectivity index (χ1) is 24.5. The molecule has 1 unspecified atom stereocenters. The topological polar surface area (TPSA) is 35.6 Å². The summed E-state index contributed by atoms with van der Waals surface area (Å²) in [5, 5.41) is 3.61. The Morgan fingerprint density at radius 1 is 0.900 bits per heavy atom. The number of hydrogen-bond donors (Lipinski definition) is 1. The molecule has 246 valence electrons. The molecule has 1 N–H and O–H groups in total. The number of aromatic nitrogens is 3. The summed E-state index contributed by atoms with van der Waals surface area (Å²) in [4.78, 5) is 5.14. The zero-order valence-electron chi connectivity index (χ0n) is 29.2. The second kappa shape index (κ2) is 13.9. The monoisotopic (exact) mass is 652 g/mol. The molecular formula is C46H44N4+2. The van der Waals surface area contributed by atoms with Gasteiger partial charge in [0.2, 0.25) is 0 Å². The maximum absolute atomic E-state index is 5.14. The van der Waals surface area contributed by atoms with Crippen LogP contribution >= 0.6 is 0 Å². The van der Waals surface area contributed by atoms with Crippen molar-refractivity contribution in [1.82, 2.24) is 10.1 Å². The van der Waals surface area contributed by atoms with Gasteiger partial charge in [0, 0.05) is 5.56 Å². The van der Waals surface area contributed by atoms with E-state index in [2.05, 4.69) is 168 Å². The fourth-order valence-corrected chi connectivity index (χ4v) is 7.59. The summed E-state index contributed by atoms with van der Waals surface area (Å²) in [6, 6.07) is 28.4. The second-order valence-corrected chi connectivity index (χ2v) is 13.1. The summed E-state index contributed by atoms with van der Waals surface area (Å²) < 4.78 is 4.17. The third-order valence-corrected chi connectivity index (χ3v) is 9.79. The number of H-pyrrole nitrogens is 1. The van der Waals surface area contributed by atoms with E-state index in [0.29, 0.717) is 0 Å². The van der Waals surface area contributed by atoms with Crippen LogP contribution in [0.15, 0.2) is 164 Å². The van der Waals surface area contributed by atoms with E-state index in [9.17, 15) is 0 Å². The van der Waals surface area contributed by atoms with Gasteiger partial charge in [-0.05, 0) is 106 Å². The summed E-state index contributed by atoms with van der Waals surface area (Å²) >= 11 is 0. The number of benzene rings is 3. The molecule has 1 atom stereocenters. The number of rotatable bonds is 9. The number of nitrogens with one attached hydrogen (secondary N) is 1. The Morgan fingerprint density at radius 3 is 2.36 bits per heavy atom. The van der Waals surface area contributed by atoms with Crippen LogP contribution in [-0.4, -0.2) is 35.0 Å². The highest BCUT2D eigenvalue weighted by molar-refractivity contribution is 6.05. The van der Waals surface area contributed by atoms with Crippen LogP contribution in [-0.2, 0) is 5.41 Å². The van der Waals surface area contributed by atoms with Crippen molar-refractivity contribution >= 4 is 28.6 Å². The summed E-state index contributed by atoms with van der Waals surface area (Å²) in [5.41, 5.74) is 12.5. The van der Waals surface area contributed by atoms with Gasteiger partial charge in [0.25, 0.3) is 5.82 Å². The van der Waals surface area contributed by atoms with Crippen LogP contribution in [0.3, 0.4) is 0 Å². The number of allylic oxidation sites excluding steroid dienone is 16. The highest BCUT2D eigenvalue weighted by atomic mass is 15.4. The lowest BCUT2D eigenvalue weighted by Gasteiger charge is -2.35. The first kappa shape index (κ1) is 32.7. The van der Waals surface area contributed by atoms with E-state index in [0.717, 1.165) is 53.3 Å². The van der Waals surface area contributed by atoms with Gasteiger partial charge < -0.3 is 0 Å². The van der Waals surface area contributed by atoms with Gasteiger partial charge >= 0.3 is 5.82 Å². The molecule has 0 radical (unpaired) electrons. The fraction of sp³-hybridized carbons (Fsp3) is 0.152. The van der Waals surface area contributed by atoms with Gasteiger partial charge in [-0.25, -0.2) is 4.58 Å². The van der Waals surface area contributed by atoms with Crippen molar-refractivity contribution in [3.8, 4) is 11.4 Å². The first-order valence-corrected chi connectivity index (χ1v) is 17.4. The van der Waals surface area contributed by atoms with E-state index in [4.69, 9.17) is 4.98 Å². The molecule has 0 bridgehead atoms. The molecule has 50 heavy (non-hydrogen) atoms. The largest absolute Gasteiger partial charge is 0.362 e. The van der Waals surface area contributed by atoms with Crippen molar-refractivity contribution in [2.75, 3.05) is 14.1 Å². The summed E-state index contributed by atoms with van der Waals surface area (Å²) in [6.45, 7) is 10.4. The van der Waals surface area contributed by atoms with Gasteiger partial charge in [-0.3, -0.25) is 0 Å². The standard InChI is InChI=1S/C46H43N4/c1-6-18-37(8-3)46(38-20-11-9-12-21-38)42-25-16-15-24-40(42)41-31-36(19-17-26-43(41)46)34-27-29-35(30-28-34)44-47-45(33(7-2)32-49(4)5)50(48-44)39-22-13-10-14-23-39/h6-9,11-13,15-18,20-32H,1,3,10,14,19H2,2,4-5H3/q+1/p+1/b33-7+,37-18+. The molecule has 3 aliphatic rings. The van der Waals surface area contributed by atoms with Crippen LogP contribution in [0.2, 0.25) is 0 Å². The lowest BCUT2D eigenvalue weighted by atomic mass is 9.66. The molecule has 4 aromatic rings. The van der Waals surface area contributed by atoms with Crippen LogP contribution < -0.4 is 4.68 Å². The van der Waals surface area contributed by atoms with Crippen molar-refractivity contribution < 1.29 is 9.26 Å². The average molecular weight is 653 g/mol. The van der Waals surface area contributed by atoms with Crippen LogP contribution in [0, 0.1) is 0 Å². The summed E-state index contributed by atoms with van der Waals surface area (Å²) in [6.07, 6.45) is 26.8. The minimum absolute atomic E-state index is 0.499. The minimum atomic E-state index is -0.499. The van der Waals surface area contributed by atoms with E-state index in [1.54, 1.807) is 0 Å². The van der Waals surface area contributed by atoms with Crippen LogP contribution in [0.4, 0.5) is 0 Å². The molecule has 0 saturated carbocycles. The van der Waals surface area contributed by atoms with Gasteiger partial charge in [0.15, 0.2) is 6.21 Å². The molecular weight excluding hydrogens is 609 g/mol. The number of fused-ring (bicyclic) bond motifs is 2. The Morgan fingerprint density at radius 2 is 1.66 bits per heavy atom. The number of nitrogens with zero attached hydrogens (tertiary/aromatic N) is 3. The van der Waals surface area contributed by atoms with Crippen LogP contribution in [0.25, 0.3) is 33.8 Å². The van der Waals surface area contributed by atoms with Crippen molar-refractivity contribution in [2.24, 2.45) is 0 Å². The molecule has 0 fully saturated rings. The van der Waals surface area contributed by atoms with E-state index < -0.39 is 5.41 Å². The Balaban J connectivity index is 1.33. The van der Waals surface area contributed by atoms with E-state index in [1.165, 1.54) is 39.0 Å². The molecule has 0 spiro atoms. The highest BCUT2D eigenvalue weighted by Gasteiger charge is 2.47. The third-order valence-electron chi connectivity index (χ3n) is 9.79. The van der Waals surface area contributed by atoms with Gasteiger partial charge in [-0.2, -0.15) is 5.10 Å². The second-order valence-electron chi connectivity index (χ2n) is 13.1. The number of aromatic amines is 1. The van der Waals surface area contributed by atoms with E-state index in [-0.39, 0.29) is 0 Å². The maximum atomic E-state index is 5.14. The molecule has 4 nitrogen and oxygen atoms in total. The van der Waals surface area contributed by atoms with E-state index in [1.807, 2.05) is 26.2 Å². The van der Waals surface area contributed by atoms with Gasteiger partial charge in [-0.15, -0.1) is 4.68 Å². The maximum Gasteiger partial charge on any atom is 0.362 e. The minimum Gasteiger partial charge on any atom is -0.241 e. The molecule has 3 aromatic carbocycles. The van der Waals surface area contributed by atoms with Gasteiger partial charge in [0.05, 0.1) is 5.41 Å². The molecule has 1 heterocycles. The Hall–Kier alpha value is -5.87. The Kier molecular flexibility index (Phi) is 9.10. The predicted molar refractivity (Wildman–Crippen MR) is 209 cm³/mol. The predicted octanol–water partition coefficient (Wildman–Crippen LogP) is 9.70. The zero-order valence-corrected chi connectivity index (χ0v) is 29.2.